The van der Waals surface area contributed by atoms with Crippen LogP contribution in [-0.2, 0) is 20.6 Å². The fourth-order valence-electron chi connectivity index (χ4n) is 3.27. The highest BCUT2D eigenvalue weighted by Crippen LogP contribution is 2.27. The van der Waals surface area contributed by atoms with Crippen molar-refractivity contribution < 1.29 is 13.2 Å². The Bertz CT molecular complexity index is 885. The molecule has 0 aromatic heterocycles. The van der Waals surface area contributed by atoms with Crippen molar-refractivity contribution in [3.05, 3.63) is 60.2 Å². The van der Waals surface area contributed by atoms with Gasteiger partial charge in [-0.25, -0.2) is 12.7 Å². The molecule has 27 heavy (non-hydrogen) atoms. The van der Waals surface area contributed by atoms with Crippen LogP contribution in [0.5, 0.6) is 0 Å². The van der Waals surface area contributed by atoms with E-state index in [0.29, 0.717) is 19.4 Å². The summed E-state index contributed by atoms with van der Waals surface area (Å²) < 4.78 is 27.0. The summed E-state index contributed by atoms with van der Waals surface area (Å²) in [6.45, 7) is 0.711. The SMILES string of the molecule is CSc1ccccc1NC(=O)[C@@H]1CCCN(S(=O)(=O)Cc2ccccc2)C1. The van der Waals surface area contributed by atoms with E-state index in [1.165, 1.54) is 4.31 Å². The minimum absolute atomic E-state index is 0.0303. The third-order valence-electron chi connectivity index (χ3n) is 4.71. The number of sulfonamides is 1. The van der Waals surface area contributed by atoms with E-state index in [1.807, 2.05) is 60.9 Å². The molecule has 0 saturated carbocycles. The molecule has 5 nitrogen and oxygen atoms in total. The van der Waals surface area contributed by atoms with Crippen molar-refractivity contribution in [2.45, 2.75) is 23.5 Å². The molecule has 1 heterocycles. The maximum atomic E-state index is 12.8. The Morgan fingerprint density at radius 2 is 1.85 bits per heavy atom. The van der Waals surface area contributed by atoms with Crippen molar-refractivity contribution in [1.82, 2.24) is 4.31 Å². The summed E-state index contributed by atoms with van der Waals surface area (Å²) in [5.41, 5.74) is 1.54. The highest BCUT2D eigenvalue weighted by molar-refractivity contribution is 7.98. The van der Waals surface area contributed by atoms with Crippen molar-refractivity contribution in [2.75, 3.05) is 24.7 Å². The van der Waals surface area contributed by atoms with Gasteiger partial charge in [0.1, 0.15) is 0 Å². The number of nitrogens with one attached hydrogen (secondary N) is 1. The van der Waals surface area contributed by atoms with Crippen LogP contribution < -0.4 is 5.32 Å². The zero-order chi connectivity index (χ0) is 19.3. The first-order valence-electron chi connectivity index (χ1n) is 8.95. The van der Waals surface area contributed by atoms with Crippen LogP contribution in [0.4, 0.5) is 5.69 Å². The number of benzene rings is 2. The molecule has 2 aromatic rings. The number of para-hydroxylation sites is 1. The molecule has 0 radical (unpaired) electrons. The van der Waals surface area contributed by atoms with E-state index in [4.69, 9.17) is 0 Å². The molecule has 0 unspecified atom stereocenters. The van der Waals surface area contributed by atoms with E-state index >= 15 is 0 Å². The molecule has 1 aliphatic rings. The Morgan fingerprint density at radius 1 is 1.15 bits per heavy atom. The normalized spacial score (nSPS) is 18.2. The minimum Gasteiger partial charge on any atom is -0.325 e. The van der Waals surface area contributed by atoms with Crippen LogP contribution in [0.25, 0.3) is 0 Å². The second-order valence-electron chi connectivity index (χ2n) is 6.63. The summed E-state index contributed by atoms with van der Waals surface area (Å²) in [4.78, 5) is 13.7. The number of carbonyl (C=O) groups excluding carboxylic acids is 1. The van der Waals surface area contributed by atoms with Gasteiger partial charge in [0.25, 0.3) is 0 Å². The molecule has 3 rings (SSSR count). The molecular formula is C20H24N2O3S2. The highest BCUT2D eigenvalue weighted by Gasteiger charge is 2.32. The maximum absolute atomic E-state index is 12.8. The van der Waals surface area contributed by atoms with Crippen LogP contribution in [0.1, 0.15) is 18.4 Å². The van der Waals surface area contributed by atoms with Crippen LogP contribution >= 0.6 is 11.8 Å². The van der Waals surface area contributed by atoms with Gasteiger partial charge in [-0.2, -0.15) is 0 Å². The van der Waals surface area contributed by atoms with Crippen LogP contribution in [-0.4, -0.2) is 38.0 Å². The Kier molecular flexibility index (Phi) is 6.57. The fraction of sp³-hybridized carbons (Fsp3) is 0.350. The van der Waals surface area contributed by atoms with Crippen molar-refractivity contribution in [2.24, 2.45) is 5.92 Å². The summed E-state index contributed by atoms with van der Waals surface area (Å²) in [6.07, 6.45) is 3.35. The number of anilines is 1. The van der Waals surface area contributed by atoms with Crippen LogP contribution in [0.3, 0.4) is 0 Å². The molecule has 1 fully saturated rings. The first kappa shape index (κ1) is 19.9. The molecule has 0 aliphatic carbocycles. The first-order valence-corrected chi connectivity index (χ1v) is 11.8. The lowest BCUT2D eigenvalue weighted by atomic mass is 9.99. The predicted molar refractivity (Wildman–Crippen MR) is 110 cm³/mol. The molecule has 1 N–H and O–H groups in total. The smallest absolute Gasteiger partial charge is 0.228 e. The summed E-state index contributed by atoms with van der Waals surface area (Å²) >= 11 is 1.57. The molecule has 1 aliphatic heterocycles. The summed E-state index contributed by atoms with van der Waals surface area (Å²) in [5.74, 6) is -0.479. The van der Waals surface area contributed by atoms with Crippen LogP contribution in [0, 0.1) is 5.92 Å². The lowest BCUT2D eigenvalue weighted by Gasteiger charge is -2.31. The number of piperidine rings is 1. The van der Waals surface area contributed by atoms with Gasteiger partial charge in [-0.3, -0.25) is 4.79 Å². The quantitative estimate of drug-likeness (QED) is 0.747. The van der Waals surface area contributed by atoms with Gasteiger partial charge in [0.15, 0.2) is 0 Å². The zero-order valence-electron chi connectivity index (χ0n) is 15.3. The Morgan fingerprint density at radius 3 is 2.59 bits per heavy atom. The number of nitrogens with zero attached hydrogens (tertiary/aromatic N) is 1. The van der Waals surface area contributed by atoms with Gasteiger partial charge in [0.2, 0.25) is 15.9 Å². The average Bonchev–Trinajstić information content (AvgIpc) is 2.69. The van der Waals surface area contributed by atoms with Crippen molar-refractivity contribution in [3.8, 4) is 0 Å². The fourth-order valence-corrected chi connectivity index (χ4v) is 5.43. The molecule has 1 atom stereocenters. The standard InChI is InChI=1S/C20H24N2O3S2/c1-26-19-12-6-5-11-18(19)21-20(23)17-10-7-13-22(14-17)27(24,25)15-16-8-3-2-4-9-16/h2-6,8-9,11-12,17H,7,10,13-15H2,1H3,(H,21,23)/t17-/m1/s1. The molecule has 0 spiro atoms. The van der Waals surface area contributed by atoms with E-state index in [2.05, 4.69) is 5.32 Å². The van der Waals surface area contributed by atoms with Crippen molar-refractivity contribution in [1.29, 1.82) is 0 Å². The molecule has 0 bridgehead atoms. The van der Waals surface area contributed by atoms with Gasteiger partial charge in [-0.15, -0.1) is 11.8 Å². The van der Waals surface area contributed by atoms with Crippen LogP contribution in [0.2, 0.25) is 0 Å². The van der Waals surface area contributed by atoms with E-state index in [9.17, 15) is 13.2 Å². The van der Waals surface area contributed by atoms with Gasteiger partial charge in [0, 0.05) is 18.0 Å². The number of carbonyl (C=O) groups is 1. The molecule has 2 aromatic carbocycles. The molecule has 7 heteroatoms. The highest BCUT2D eigenvalue weighted by atomic mass is 32.2. The number of amides is 1. The lowest BCUT2D eigenvalue weighted by molar-refractivity contribution is -0.120. The van der Waals surface area contributed by atoms with Crippen molar-refractivity contribution in [3.63, 3.8) is 0 Å². The Hall–Kier alpha value is -1.83. The largest absolute Gasteiger partial charge is 0.325 e. The average molecular weight is 405 g/mol. The Labute approximate surface area is 165 Å². The third-order valence-corrected chi connectivity index (χ3v) is 7.32. The second-order valence-corrected chi connectivity index (χ2v) is 9.45. The van der Waals surface area contributed by atoms with Crippen LogP contribution in [0.15, 0.2) is 59.5 Å². The maximum Gasteiger partial charge on any atom is 0.228 e. The molecule has 1 amide bonds. The number of thioether (sulfide) groups is 1. The summed E-state index contributed by atoms with van der Waals surface area (Å²) in [7, 11) is -3.44. The Balaban J connectivity index is 1.67. The topological polar surface area (TPSA) is 66.5 Å². The van der Waals surface area contributed by atoms with Gasteiger partial charge < -0.3 is 5.32 Å². The molecular weight excluding hydrogens is 380 g/mol. The van der Waals surface area contributed by atoms with Gasteiger partial charge in [0.05, 0.1) is 17.4 Å². The van der Waals surface area contributed by atoms with E-state index in [-0.39, 0.29) is 24.1 Å². The van der Waals surface area contributed by atoms with Gasteiger partial charge in [-0.1, -0.05) is 42.5 Å². The lowest BCUT2D eigenvalue weighted by Crippen LogP contribution is -2.44. The van der Waals surface area contributed by atoms with Gasteiger partial charge >= 0.3 is 0 Å². The minimum atomic E-state index is -3.44. The summed E-state index contributed by atoms with van der Waals surface area (Å²) in [5, 5.41) is 2.97. The first-order chi connectivity index (χ1) is 13.0. The monoisotopic (exact) mass is 404 g/mol. The zero-order valence-corrected chi connectivity index (χ0v) is 16.9. The number of rotatable bonds is 6. The van der Waals surface area contributed by atoms with E-state index in [1.54, 1.807) is 11.8 Å². The summed E-state index contributed by atoms with van der Waals surface area (Å²) in [6, 6.07) is 16.8. The number of hydrogen-bond acceptors (Lipinski definition) is 4. The third kappa shape index (κ3) is 5.12. The van der Waals surface area contributed by atoms with Crippen molar-refractivity contribution >= 4 is 33.4 Å². The van der Waals surface area contributed by atoms with E-state index < -0.39 is 10.0 Å². The number of hydrogen-bond donors (Lipinski definition) is 1. The van der Waals surface area contributed by atoms with Gasteiger partial charge in [-0.05, 0) is 36.8 Å². The second kappa shape index (κ2) is 8.91. The molecule has 1 saturated heterocycles. The molecule has 144 valence electrons. The van der Waals surface area contributed by atoms with E-state index in [0.717, 1.165) is 16.1 Å². The predicted octanol–water partition coefficient (Wildman–Crippen LogP) is 3.59.